The Morgan fingerprint density at radius 1 is 1.00 bits per heavy atom. The molecule has 0 radical (unpaired) electrons. The Morgan fingerprint density at radius 2 is 1.76 bits per heavy atom. The molecule has 0 saturated carbocycles. The fourth-order valence-corrected chi connectivity index (χ4v) is 2.11. The molecule has 0 fully saturated rings. The molecule has 0 saturated heterocycles. The standard InChI is InChI=1S/C17H15NO3/c1-2-20-15-8-5-9-18-17(15)21-16-11-13-7-4-3-6-12(13)10-14(16)19/h3-11,19H,2H2,1H3. The van der Waals surface area contributed by atoms with E-state index in [1.54, 1.807) is 30.5 Å². The second kappa shape index (κ2) is 5.71. The van der Waals surface area contributed by atoms with E-state index in [-0.39, 0.29) is 5.75 Å². The number of hydrogen-bond donors (Lipinski definition) is 1. The number of hydrogen-bond acceptors (Lipinski definition) is 4. The summed E-state index contributed by atoms with van der Waals surface area (Å²) in [7, 11) is 0. The number of aromatic nitrogens is 1. The van der Waals surface area contributed by atoms with Crippen LogP contribution in [-0.4, -0.2) is 16.7 Å². The highest BCUT2D eigenvalue weighted by Gasteiger charge is 2.11. The van der Waals surface area contributed by atoms with Gasteiger partial charge in [0.25, 0.3) is 5.88 Å². The van der Waals surface area contributed by atoms with Crippen LogP contribution in [0.1, 0.15) is 6.92 Å². The molecule has 2 aromatic carbocycles. The van der Waals surface area contributed by atoms with Gasteiger partial charge in [-0.05, 0) is 42.0 Å². The molecule has 106 valence electrons. The summed E-state index contributed by atoms with van der Waals surface area (Å²) >= 11 is 0. The molecule has 1 heterocycles. The predicted molar refractivity (Wildman–Crippen MR) is 81.1 cm³/mol. The number of phenols is 1. The van der Waals surface area contributed by atoms with Gasteiger partial charge in [0.1, 0.15) is 0 Å². The van der Waals surface area contributed by atoms with Gasteiger partial charge in [0.05, 0.1) is 6.61 Å². The fraction of sp³-hybridized carbons (Fsp3) is 0.118. The summed E-state index contributed by atoms with van der Waals surface area (Å²) in [4.78, 5) is 4.16. The largest absolute Gasteiger partial charge is 0.504 e. The lowest BCUT2D eigenvalue weighted by Crippen LogP contribution is -1.96. The monoisotopic (exact) mass is 281 g/mol. The third-order valence-corrected chi connectivity index (χ3v) is 3.07. The molecule has 0 amide bonds. The summed E-state index contributed by atoms with van der Waals surface area (Å²) in [6, 6.07) is 14.8. The van der Waals surface area contributed by atoms with Crippen molar-refractivity contribution in [2.45, 2.75) is 6.92 Å². The van der Waals surface area contributed by atoms with Crippen LogP contribution < -0.4 is 9.47 Å². The fourth-order valence-electron chi connectivity index (χ4n) is 2.11. The topological polar surface area (TPSA) is 51.6 Å². The van der Waals surface area contributed by atoms with Gasteiger partial charge in [-0.25, -0.2) is 4.98 Å². The van der Waals surface area contributed by atoms with Gasteiger partial charge < -0.3 is 14.6 Å². The lowest BCUT2D eigenvalue weighted by Gasteiger charge is -2.11. The Hall–Kier alpha value is -2.75. The van der Waals surface area contributed by atoms with Crippen LogP contribution in [-0.2, 0) is 0 Å². The lowest BCUT2D eigenvalue weighted by atomic mass is 10.1. The quantitative estimate of drug-likeness (QED) is 0.781. The van der Waals surface area contributed by atoms with Gasteiger partial charge in [0.2, 0.25) is 0 Å². The van der Waals surface area contributed by atoms with E-state index in [4.69, 9.17) is 9.47 Å². The number of benzene rings is 2. The zero-order valence-electron chi connectivity index (χ0n) is 11.6. The Morgan fingerprint density at radius 3 is 2.52 bits per heavy atom. The number of phenolic OH excluding ortho intramolecular Hbond substituents is 1. The number of aromatic hydroxyl groups is 1. The molecule has 0 spiro atoms. The van der Waals surface area contributed by atoms with Gasteiger partial charge in [0.15, 0.2) is 17.2 Å². The molecule has 0 atom stereocenters. The van der Waals surface area contributed by atoms with Crippen molar-refractivity contribution in [3.05, 3.63) is 54.7 Å². The summed E-state index contributed by atoms with van der Waals surface area (Å²) in [6.45, 7) is 2.41. The Kier molecular flexibility index (Phi) is 3.60. The minimum absolute atomic E-state index is 0.0711. The average Bonchev–Trinajstić information content (AvgIpc) is 2.50. The van der Waals surface area contributed by atoms with Crippen molar-refractivity contribution in [2.75, 3.05) is 6.61 Å². The lowest BCUT2D eigenvalue weighted by molar-refractivity contribution is 0.313. The number of fused-ring (bicyclic) bond motifs is 1. The van der Waals surface area contributed by atoms with Crippen LogP contribution in [0.4, 0.5) is 0 Å². The molecule has 1 N–H and O–H groups in total. The second-order valence-corrected chi connectivity index (χ2v) is 4.51. The first kappa shape index (κ1) is 13.2. The van der Waals surface area contributed by atoms with E-state index >= 15 is 0 Å². The first-order valence-electron chi connectivity index (χ1n) is 6.75. The first-order valence-corrected chi connectivity index (χ1v) is 6.75. The van der Waals surface area contributed by atoms with Gasteiger partial charge >= 0.3 is 0 Å². The number of rotatable bonds is 4. The molecular weight excluding hydrogens is 266 g/mol. The molecule has 3 rings (SSSR count). The zero-order chi connectivity index (χ0) is 14.7. The van der Waals surface area contributed by atoms with Gasteiger partial charge in [-0.3, -0.25) is 0 Å². The maximum atomic E-state index is 10.1. The van der Waals surface area contributed by atoms with Crippen LogP contribution in [0.3, 0.4) is 0 Å². The van der Waals surface area contributed by atoms with E-state index < -0.39 is 0 Å². The van der Waals surface area contributed by atoms with Crippen molar-refractivity contribution >= 4 is 10.8 Å². The minimum atomic E-state index is 0.0711. The van der Waals surface area contributed by atoms with Crippen molar-refractivity contribution in [1.29, 1.82) is 0 Å². The van der Waals surface area contributed by atoms with Crippen LogP contribution in [0.5, 0.6) is 23.1 Å². The van der Waals surface area contributed by atoms with Crippen molar-refractivity contribution in [1.82, 2.24) is 4.98 Å². The third kappa shape index (κ3) is 2.74. The Labute approximate surface area is 122 Å². The molecule has 4 heteroatoms. The highest BCUT2D eigenvalue weighted by molar-refractivity contribution is 5.86. The van der Waals surface area contributed by atoms with Crippen molar-refractivity contribution in [2.24, 2.45) is 0 Å². The summed E-state index contributed by atoms with van der Waals surface area (Å²) < 4.78 is 11.2. The molecule has 0 aliphatic heterocycles. The SMILES string of the molecule is CCOc1cccnc1Oc1cc2ccccc2cc1O. The Balaban J connectivity index is 2.00. The van der Waals surface area contributed by atoms with Gasteiger partial charge in [-0.2, -0.15) is 0 Å². The maximum Gasteiger partial charge on any atom is 0.262 e. The highest BCUT2D eigenvalue weighted by atomic mass is 16.5. The van der Waals surface area contributed by atoms with E-state index in [2.05, 4.69) is 4.98 Å². The summed E-state index contributed by atoms with van der Waals surface area (Å²) in [5.41, 5.74) is 0. The first-order chi connectivity index (χ1) is 10.3. The molecule has 0 aliphatic rings. The van der Waals surface area contributed by atoms with Gasteiger partial charge in [-0.1, -0.05) is 24.3 Å². The number of ether oxygens (including phenoxy) is 2. The van der Waals surface area contributed by atoms with Crippen molar-refractivity contribution < 1.29 is 14.6 Å². The van der Waals surface area contributed by atoms with Gasteiger partial charge in [0, 0.05) is 6.20 Å². The average molecular weight is 281 g/mol. The van der Waals surface area contributed by atoms with E-state index in [0.717, 1.165) is 10.8 Å². The van der Waals surface area contributed by atoms with Crippen LogP contribution in [0.15, 0.2) is 54.7 Å². The van der Waals surface area contributed by atoms with Crippen LogP contribution >= 0.6 is 0 Å². The van der Waals surface area contributed by atoms with Crippen LogP contribution in [0.25, 0.3) is 10.8 Å². The summed E-state index contributed by atoms with van der Waals surface area (Å²) in [6.07, 6.45) is 1.62. The predicted octanol–water partition coefficient (Wildman–Crippen LogP) is 4.13. The van der Waals surface area contributed by atoms with E-state index in [1.165, 1.54) is 0 Å². The van der Waals surface area contributed by atoms with Crippen molar-refractivity contribution in [3.63, 3.8) is 0 Å². The second-order valence-electron chi connectivity index (χ2n) is 4.51. The normalized spacial score (nSPS) is 10.5. The molecule has 3 aromatic rings. The number of nitrogens with zero attached hydrogens (tertiary/aromatic N) is 1. The summed E-state index contributed by atoms with van der Waals surface area (Å²) in [5, 5.41) is 12.0. The molecule has 21 heavy (non-hydrogen) atoms. The smallest absolute Gasteiger partial charge is 0.262 e. The van der Waals surface area contributed by atoms with E-state index in [0.29, 0.717) is 24.0 Å². The highest BCUT2D eigenvalue weighted by Crippen LogP contribution is 2.36. The van der Waals surface area contributed by atoms with Gasteiger partial charge in [-0.15, -0.1) is 0 Å². The molecule has 4 nitrogen and oxygen atoms in total. The number of pyridine rings is 1. The maximum absolute atomic E-state index is 10.1. The van der Waals surface area contributed by atoms with Crippen LogP contribution in [0.2, 0.25) is 0 Å². The molecule has 0 aliphatic carbocycles. The molecular formula is C17H15NO3. The Bertz CT molecular complexity index is 771. The molecule has 0 unspecified atom stereocenters. The third-order valence-electron chi connectivity index (χ3n) is 3.07. The minimum Gasteiger partial charge on any atom is -0.504 e. The van der Waals surface area contributed by atoms with E-state index in [9.17, 15) is 5.11 Å². The molecule has 1 aromatic heterocycles. The zero-order valence-corrected chi connectivity index (χ0v) is 11.6. The summed E-state index contributed by atoms with van der Waals surface area (Å²) in [5.74, 6) is 1.31. The molecule has 0 bridgehead atoms. The van der Waals surface area contributed by atoms with Crippen molar-refractivity contribution in [3.8, 4) is 23.1 Å². The van der Waals surface area contributed by atoms with E-state index in [1.807, 2.05) is 31.2 Å². The van der Waals surface area contributed by atoms with Crippen LogP contribution in [0, 0.1) is 0 Å².